The first kappa shape index (κ1) is 18.0. The minimum atomic E-state index is -0.234. The van der Waals surface area contributed by atoms with Gasteiger partial charge in [0.2, 0.25) is 0 Å². The Labute approximate surface area is 152 Å². The van der Waals surface area contributed by atoms with Crippen LogP contribution in [0.1, 0.15) is 72.1 Å². The van der Waals surface area contributed by atoms with E-state index in [1.807, 2.05) is 0 Å². The lowest BCUT2D eigenvalue weighted by Gasteiger charge is -2.61. The molecule has 4 aliphatic rings. The first-order chi connectivity index (χ1) is 11.8. The molecule has 0 spiro atoms. The summed E-state index contributed by atoms with van der Waals surface area (Å²) in [6, 6.07) is 0. The van der Waals surface area contributed by atoms with Crippen LogP contribution < -0.4 is 0 Å². The van der Waals surface area contributed by atoms with Crippen LogP contribution in [0.5, 0.6) is 0 Å². The number of hydrogen-bond donors (Lipinski definition) is 2. The van der Waals surface area contributed by atoms with Gasteiger partial charge in [0.05, 0.1) is 6.10 Å². The number of Topliss-reactive ketones (excluding diaryl/α,β-unsaturated/α-hetero) is 1. The SMILES string of the molecule is CC(CO)[C@H]1CCC2C3C(CC[C@@]21C)[C@@]1(C)CCC(=O)C[C@@H]1C[C@H]3O. The second kappa shape index (κ2) is 6.05. The van der Waals surface area contributed by atoms with Crippen molar-refractivity contribution in [2.24, 2.45) is 46.3 Å². The second-order valence-corrected chi connectivity index (χ2v) is 10.4. The number of aliphatic hydroxyl groups excluding tert-OH is 2. The molecule has 0 aliphatic heterocycles. The molecule has 0 heterocycles. The van der Waals surface area contributed by atoms with E-state index in [4.69, 9.17) is 0 Å². The maximum absolute atomic E-state index is 12.0. The number of fused-ring (bicyclic) bond motifs is 5. The lowest BCUT2D eigenvalue weighted by molar-refractivity contribution is -0.169. The molecular weight excluding hydrogens is 312 g/mol. The Kier molecular flexibility index (Phi) is 4.35. The van der Waals surface area contributed by atoms with Gasteiger partial charge in [-0.15, -0.1) is 0 Å². The monoisotopic (exact) mass is 348 g/mol. The Hall–Kier alpha value is -0.410. The van der Waals surface area contributed by atoms with Crippen molar-refractivity contribution in [3.8, 4) is 0 Å². The molecule has 0 saturated heterocycles. The highest BCUT2D eigenvalue weighted by Gasteiger charge is 2.62. The molecule has 3 nitrogen and oxygen atoms in total. The summed E-state index contributed by atoms with van der Waals surface area (Å²) in [5.74, 6) is 3.33. The van der Waals surface area contributed by atoms with Crippen LogP contribution in [0.25, 0.3) is 0 Å². The Morgan fingerprint density at radius 2 is 1.84 bits per heavy atom. The Bertz CT molecular complexity index is 545. The molecule has 0 aromatic heterocycles. The van der Waals surface area contributed by atoms with Gasteiger partial charge in [0.1, 0.15) is 5.78 Å². The first-order valence-electron chi connectivity index (χ1n) is 10.6. The van der Waals surface area contributed by atoms with Gasteiger partial charge in [-0.2, -0.15) is 0 Å². The van der Waals surface area contributed by atoms with Crippen molar-refractivity contribution in [1.82, 2.24) is 0 Å². The number of aliphatic hydroxyl groups is 2. The molecule has 0 aromatic rings. The minimum Gasteiger partial charge on any atom is -0.396 e. The van der Waals surface area contributed by atoms with Crippen LogP contribution in [-0.2, 0) is 4.79 Å². The van der Waals surface area contributed by atoms with Crippen LogP contribution in [0.3, 0.4) is 0 Å². The van der Waals surface area contributed by atoms with Crippen molar-refractivity contribution < 1.29 is 15.0 Å². The molecule has 4 unspecified atom stereocenters. The van der Waals surface area contributed by atoms with Gasteiger partial charge >= 0.3 is 0 Å². The van der Waals surface area contributed by atoms with Crippen LogP contribution in [0.4, 0.5) is 0 Å². The summed E-state index contributed by atoms with van der Waals surface area (Å²) in [5.41, 5.74) is 0.526. The van der Waals surface area contributed by atoms with Gasteiger partial charge in [-0.3, -0.25) is 4.79 Å². The fourth-order valence-electron chi connectivity index (χ4n) is 8.12. The van der Waals surface area contributed by atoms with Gasteiger partial charge in [0, 0.05) is 19.4 Å². The third-order valence-electron chi connectivity index (χ3n) is 9.55. The van der Waals surface area contributed by atoms with E-state index in [1.54, 1.807) is 0 Å². The highest BCUT2D eigenvalue weighted by atomic mass is 16.3. The number of hydrogen-bond acceptors (Lipinski definition) is 3. The highest BCUT2D eigenvalue weighted by Crippen LogP contribution is 2.67. The minimum absolute atomic E-state index is 0.234. The Morgan fingerprint density at radius 3 is 2.56 bits per heavy atom. The predicted molar refractivity (Wildman–Crippen MR) is 97.9 cm³/mol. The zero-order chi connectivity index (χ0) is 18.0. The maximum atomic E-state index is 12.0. The summed E-state index contributed by atoms with van der Waals surface area (Å²) >= 11 is 0. The quantitative estimate of drug-likeness (QED) is 0.798. The fraction of sp³-hybridized carbons (Fsp3) is 0.955. The van der Waals surface area contributed by atoms with E-state index >= 15 is 0 Å². The number of rotatable bonds is 2. The molecule has 142 valence electrons. The third-order valence-corrected chi connectivity index (χ3v) is 9.55. The van der Waals surface area contributed by atoms with Crippen LogP contribution in [0.15, 0.2) is 0 Å². The Morgan fingerprint density at radius 1 is 1.12 bits per heavy atom. The summed E-state index contributed by atoms with van der Waals surface area (Å²) in [5, 5.41) is 20.9. The predicted octanol–water partition coefficient (Wildman–Crippen LogP) is 3.81. The Balaban J connectivity index is 1.64. The molecule has 4 rings (SSSR count). The molecule has 2 N–H and O–H groups in total. The number of carbonyl (C=O) groups excluding carboxylic acids is 1. The average molecular weight is 349 g/mol. The summed E-state index contributed by atoms with van der Waals surface area (Å²) in [6.45, 7) is 7.36. The first-order valence-corrected chi connectivity index (χ1v) is 10.6. The maximum Gasteiger partial charge on any atom is 0.133 e. The van der Waals surface area contributed by atoms with E-state index in [2.05, 4.69) is 20.8 Å². The molecular formula is C22H36O3. The van der Waals surface area contributed by atoms with E-state index in [0.717, 1.165) is 19.3 Å². The lowest BCUT2D eigenvalue weighted by Crippen LogP contribution is -2.58. The van der Waals surface area contributed by atoms with Crippen molar-refractivity contribution in [3.63, 3.8) is 0 Å². The lowest BCUT2D eigenvalue weighted by atomic mass is 9.44. The number of carbonyl (C=O) groups is 1. The molecule has 3 heteroatoms. The summed E-state index contributed by atoms with van der Waals surface area (Å²) < 4.78 is 0. The van der Waals surface area contributed by atoms with Crippen LogP contribution in [-0.4, -0.2) is 28.7 Å². The van der Waals surface area contributed by atoms with Crippen LogP contribution >= 0.6 is 0 Å². The molecule has 4 saturated carbocycles. The summed E-state index contributed by atoms with van der Waals surface area (Å²) in [4.78, 5) is 12.0. The van der Waals surface area contributed by atoms with E-state index in [-0.39, 0.29) is 23.5 Å². The van der Waals surface area contributed by atoms with Crippen molar-refractivity contribution >= 4 is 5.78 Å². The zero-order valence-electron chi connectivity index (χ0n) is 16.2. The third kappa shape index (κ3) is 2.48. The smallest absolute Gasteiger partial charge is 0.133 e. The van der Waals surface area contributed by atoms with E-state index < -0.39 is 0 Å². The van der Waals surface area contributed by atoms with Crippen molar-refractivity contribution in [1.29, 1.82) is 0 Å². The van der Waals surface area contributed by atoms with Gasteiger partial charge in [-0.05, 0) is 84.9 Å². The molecule has 25 heavy (non-hydrogen) atoms. The van der Waals surface area contributed by atoms with Gasteiger partial charge < -0.3 is 10.2 Å². The summed E-state index contributed by atoms with van der Waals surface area (Å²) in [6.07, 6.45) is 7.92. The fourth-order valence-corrected chi connectivity index (χ4v) is 8.12. The molecule has 0 aromatic carbocycles. The second-order valence-electron chi connectivity index (χ2n) is 10.4. The van der Waals surface area contributed by atoms with Gasteiger partial charge in [0.15, 0.2) is 0 Å². The largest absolute Gasteiger partial charge is 0.396 e. The molecule has 9 atom stereocenters. The van der Waals surface area contributed by atoms with Crippen molar-refractivity contribution in [2.45, 2.75) is 78.2 Å². The molecule has 0 bridgehead atoms. The highest BCUT2D eigenvalue weighted by molar-refractivity contribution is 5.79. The van der Waals surface area contributed by atoms with Crippen molar-refractivity contribution in [3.05, 3.63) is 0 Å². The van der Waals surface area contributed by atoms with E-state index in [1.165, 1.54) is 25.7 Å². The van der Waals surface area contributed by atoms with Crippen LogP contribution in [0.2, 0.25) is 0 Å². The van der Waals surface area contributed by atoms with Crippen molar-refractivity contribution in [2.75, 3.05) is 6.61 Å². The van der Waals surface area contributed by atoms with Gasteiger partial charge in [-0.1, -0.05) is 20.8 Å². The zero-order valence-corrected chi connectivity index (χ0v) is 16.2. The molecule has 4 fully saturated rings. The summed E-state index contributed by atoms with van der Waals surface area (Å²) in [7, 11) is 0. The molecule has 0 amide bonds. The standard InChI is InChI=1S/C22H36O3/c1-13(12-23)16-4-5-17-20-18(7-9-22(16,17)3)21(2)8-6-15(24)10-14(21)11-19(20)25/h13-14,16-20,23,25H,4-12H2,1-3H3/t13?,14-,16-,17?,18?,19-,20?,21+,22-/m1/s1. The normalized spacial score (nSPS) is 53.7. The number of ketones is 1. The van der Waals surface area contributed by atoms with Gasteiger partial charge in [-0.25, -0.2) is 0 Å². The average Bonchev–Trinajstić information content (AvgIpc) is 2.93. The van der Waals surface area contributed by atoms with Gasteiger partial charge in [0.25, 0.3) is 0 Å². The molecule has 0 radical (unpaired) electrons. The van der Waals surface area contributed by atoms with E-state index in [0.29, 0.717) is 47.7 Å². The molecule has 4 aliphatic carbocycles. The topological polar surface area (TPSA) is 57.5 Å². The van der Waals surface area contributed by atoms with Crippen LogP contribution in [0, 0.1) is 46.3 Å². The van der Waals surface area contributed by atoms with E-state index in [9.17, 15) is 15.0 Å².